The zero-order chi connectivity index (χ0) is 36.1. The molecule has 4 aromatic rings. The summed E-state index contributed by atoms with van der Waals surface area (Å²) in [6.07, 6.45) is 1.62. The van der Waals surface area contributed by atoms with Gasteiger partial charge in [0.05, 0.1) is 18.8 Å². The number of aliphatic hydroxyl groups excluding tert-OH is 1. The van der Waals surface area contributed by atoms with E-state index in [1.807, 2.05) is 30.3 Å². The molecule has 4 N–H and O–H groups in total. The molecular formula is C42H50N4O6. The molecule has 2 saturated heterocycles. The summed E-state index contributed by atoms with van der Waals surface area (Å²) in [7, 11) is 0. The molecule has 2 fully saturated rings. The SMILES string of the molecule is O=C(CCCCC(=O)NCc1cccc(-c2cccc([C@@H]3O[C@H](CN4CCN(Cc5ccccc5)CC4)C[C@H](c4ccc(CO)cc4)O3)c2)c1)NO. The summed E-state index contributed by atoms with van der Waals surface area (Å²) in [6, 6.07) is 35.1. The summed E-state index contributed by atoms with van der Waals surface area (Å²) in [5.74, 6) is -0.521. The number of aliphatic hydroxyl groups is 1. The van der Waals surface area contributed by atoms with E-state index < -0.39 is 12.2 Å². The van der Waals surface area contributed by atoms with E-state index in [9.17, 15) is 14.7 Å². The molecule has 0 aromatic heterocycles. The minimum atomic E-state index is -0.550. The number of hydrogen-bond acceptors (Lipinski definition) is 8. The number of piperazine rings is 1. The monoisotopic (exact) mass is 706 g/mol. The first-order valence-electron chi connectivity index (χ1n) is 18.3. The maximum Gasteiger partial charge on any atom is 0.243 e. The summed E-state index contributed by atoms with van der Waals surface area (Å²) in [5.41, 5.74) is 8.89. The largest absolute Gasteiger partial charge is 0.392 e. The molecule has 10 heteroatoms. The quantitative estimate of drug-likeness (QED) is 0.0686. The van der Waals surface area contributed by atoms with Crippen LogP contribution in [0.1, 0.15) is 72.3 Å². The Bertz CT molecular complexity index is 1730. The van der Waals surface area contributed by atoms with Crippen LogP contribution in [0.3, 0.4) is 0 Å². The molecule has 0 spiro atoms. The van der Waals surface area contributed by atoms with Crippen molar-refractivity contribution in [2.75, 3.05) is 32.7 Å². The third-order valence-corrected chi connectivity index (χ3v) is 9.88. The van der Waals surface area contributed by atoms with Crippen molar-refractivity contribution in [1.82, 2.24) is 20.6 Å². The van der Waals surface area contributed by atoms with Gasteiger partial charge in [-0.15, -0.1) is 0 Å². The Kier molecular flexibility index (Phi) is 13.6. The molecule has 2 aliphatic heterocycles. The van der Waals surface area contributed by atoms with Gasteiger partial charge < -0.3 is 19.9 Å². The van der Waals surface area contributed by atoms with E-state index in [4.69, 9.17) is 14.7 Å². The topological polar surface area (TPSA) is 124 Å². The van der Waals surface area contributed by atoms with Gasteiger partial charge in [-0.1, -0.05) is 91.0 Å². The number of hydrogen-bond donors (Lipinski definition) is 4. The third kappa shape index (κ3) is 10.8. The highest BCUT2D eigenvalue weighted by molar-refractivity contribution is 5.76. The van der Waals surface area contributed by atoms with Crippen molar-refractivity contribution in [3.05, 3.63) is 131 Å². The predicted octanol–water partition coefficient (Wildman–Crippen LogP) is 5.89. The third-order valence-electron chi connectivity index (χ3n) is 9.88. The van der Waals surface area contributed by atoms with Crippen molar-refractivity contribution in [1.29, 1.82) is 0 Å². The van der Waals surface area contributed by atoms with Crippen LogP contribution in [0.2, 0.25) is 0 Å². The molecular weight excluding hydrogens is 656 g/mol. The molecule has 0 unspecified atom stereocenters. The van der Waals surface area contributed by atoms with Crippen molar-refractivity contribution in [3.8, 4) is 11.1 Å². The first-order chi connectivity index (χ1) is 25.4. The second-order valence-corrected chi connectivity index (χ2v) is 13.8. The molecule has 0 radical (unpaired) electrons. The number of carbonyl (C=O) groups is 2. The van der Waals surface area contributed by atoms with Crippen molar-refractivity contribution in [3.63, 3.8) is 0 Å². The summed E-state index contributed by atoms with van der Waals surface area (Å²) in [6.45, 7) is 6.22. The minimum absolute atomic E-state index is 0.00414. The minimum Gasteiger partial charge on any atom is -0.392 e. The number of nitrogens with one attached hydrogen (secondary N) is 2. The van der Waals surface area contributed by atoms with Crippen LogP contribution in [0.15, 0.2) is 103 Å². The van der Waals surface area contributed by atoms with Crippen LogP contribution in [0.25, 0.3) is 11.1 Å². The first kappa shape index (κ1) is 37.3. The highest BCUT2D eigenvalue weighted by Crippen LogP contribution is 2.39. The molecule has 0 saturated carbocycles. The van der Waals surface area contributed by atoms with Gasteiger partial charge in [-0.25, -0.2) is 5.48 Å². The molecule has 3 atom stereocenters. The standard InChI is InChI=1S/C42H50N4O6/c47-30-32-16-18-34(19-17-32)39-26-38(29-46-22-20-45(21-23-46)28-31-8-2-1-3-9-31)51-42(52-39)37-13-7-12-36(25-37)35-11-6-10-33(24-35)27-43-40(48)14-4-5-15-41(49)44-50/h1-3,6-13,16-19,24-25,38-39,42,47,50H,4-5,14-15,20-23,26-30H2,(H,43,48)(H,44,49)/t38-,39+,42+/m0/s1. The molecule has 10 nitrogen and oxygen atoms in total. The first-order valence-corrected chi connectivity index (χ1v) is 18.3. The van der Waals surface area contributed by atoms with E-state index in [1.165, 1.54) is 5.56 Å². The Morgan fingerprint density at radius 2 is 1.37 bits per heavy atom. The zero-order valence-corrected chi connectivity index (χ0v) is 29.7. The van der Waals surface area contributed by atoms with Gasteiger partial charge in [0.25, 0.3) is 0 Å². The predicted molar refractivity (Wildman–Crippen MR) is 199 cm³/mol. The number of benzene rings is 4. The fourth-order valence-electron chi connectivity index (χ4n) is 6.93. The Balaban J connectivity index is 1.10. The summed E-state index contributed by atoms with van der Waals surface area (Å²) in [4.78, 5) is 28.6. The fraction of sp³-hybridized carbons (Fsp3) is 0.381. The lowest BCUT2D eigenvalue weighted by Crippen LogP contribution is -2.49. The van der Waals surface area contributed by atoms with Gasteiger partial charge in [-0.3, -0.25) is 24.6 Å². The van der Waals surface area contributed by atoms with Crippen molar-refractivity contribution < 1.29 is 29.4 Å². The Hall–Kier alpha value is -4.42. The molecule has 2 heterocycles. The van der Waals surface area contributed by atoms with Gasteiger partial charge in [0.1, 0.15) is 0 Å². The maximum absolute atomic E-state index is 12.4. The van der Waals surface area contributed by atoms with E-state index in [1.54, 1.807) is 5.48 Å². The zero-order valence-electron chi connectivity index (χ0n) is 29.7. The van der Waals surface area contributed by atoms with Crippen LogP contribution in [0.5, 0.6) is 0 Å². The average molecular weight is 707 g/mol. The van der Waals surface area contributed by atoms with Crippen LogP contribution in [0, 0.1) is 0 Å². The highest BCUT2D eigenvalue weighted by Gasteiger charge is 2.34. The Labute approximate surface area is 306 Å². The highest BCUT2D eigenvalue weighted by atomic mass is 16.7. The normalized spacial score (nSPS) is 19.6. The van der Waals surface area contributed by atoms with Gasteiger partial charge in [0, 0.05) is 70.6 Å². The van der Waals surface area contributed by atoms with Crippen LogP contribution < -0.4 is 10.8 Å². The lowest BCUT2D eigenvalue weighted by atomic mass is 9.98. The summed E-state index contributed by atoms with van der Waals surface area (Å²) in [5, 5.41) is 21.2. The number of hydroxylamine groups is 1. The van der Waals surface area contributed by atoms with Gasteiger partial charge in [0.2, 0.25) is 11.8 Å². The van der Waals surface area contributed by atoms with Gasteiger partial charge in [-0.2, -0.15) is 0 Å². The molecule has 0 bridgehead atoms. The summed E-state index contributed by atoms with van der Waals surface area (Å²) >= 11 is 0. The van der Waals surface area contributed by atoms with E-state index in [2.05, 4.69) is 87.9 Å². The second kappa shape index (κ2) is 18.9. The second-order valence-electron chi connectivity index (χ2n) is 13.8. The lowest BCUT2D eigenvalue weighted by Gasteiger charge is -2.41. The molecule has 274 valence electrons. The van der Waals surface area contributed by atoms with E-state index in [0.717, 1.165) is 79.1 Å². The maximum atomic E-state index is 12.4. The van der Waals surface area contributed by atoms with E-state index >= 15 is 0 Å². The number of carbonyl (C=O) groups excluding carboxylic acids is 2. The molecule has 0 aliphatic carbocycles. The van der Waals surface area contributed by atoms with Crippen LogP contribution >= 0.6 is 0 Å². The molecule has 6 rings (SSSR count). The van der Waals surface area contributed by atoms with Crippen molar-refractivity contribution >= 4 is 11.8 Å². The van der Waals surface area contributed by atoms with E-state index in [-0.39, 0.29) is 31.1 Å². The number of ether oxygens (including phenoxy) is 2. The van der Waals surface area contributed by atoms with Gasteiger partial charge in [-0.05, 0) is 58.4 Å². The number of amides is 2. The molecule has 52 heavy (non-hydrogen) atoms. The smallest absolute Gasteiger partial charge is 0.243 e. The number of nitrogens with zero attached hydrogens (tertiary/aromatic N) is 2. The van der Waals surface area contributed by atoms with Crippen LogP contribution in [0.4, 0.5) is 0 Å². The molecule has 4 aromatic carbocycles. The lowest BCUT2D eigenvalue weighted by molar-refractivity contribution is -0.253. The van der Waals surface area contributed by atoms with Gasteiger partial charge in [0.15, 0.2) is 6.29 Å². The van der Waals surface area contributed by atoms with E-state index in [0.29, 0.717) is 25.8 Å². The average Bonchev–Trinajstić information content (AvgIpc) is 3.20. The van der Waals surface area contributed by atoms with Gasteiger partial charge >= 0.3 is 0 Å². The van der Waals surface area contributed by atoms with Crippen molar-refractivity contribution in [2.24, 2.45) is 0 Å². The van der Waals surface area contributed by atoms with Crippen LogP contribution in [-0.4, -0.2) is 70.8 Å². The Morgan fingerprint density at radius 1 is 0.692 bits per heavy atom. The van der Waals surface area contributed by atoms with Crippen molar-refractivity contribution in [2.45, 2.75) is 70.3 Å². The molecule has 2 aliphatic rings. The Morgan fingerprint density at radius 3 is 2.10 bits per heavy atom. The number of unbranched alkanes of at least 4 members (excludes halogenated alkanes) is 1. The molecule has 2 amide bonds. The van der Waals surface area contributed by atoms with Crippen LogP contribution in [-0.2, 0) is 38.8 Å². The fourth-order valence-corrected chi connectivity index (χ4v) is 6.93. The number of rotatable bonds is 15. The summed E-state index contributed by atoms with van der Waals surface area (Å²) < 4.78 is 13.4.